The summed E-state index contributed by atoms with van der Waals surface area (Å²) in [6, 6.07) is 10.00. The number of halogens is 3. The Bertz CT molecular complexity index is 1740. The van der Waals surface area contributed by atoms with Crippen molar-refractivity contribution in [3.05, 3.63) is 76.5 Å². The van der Waals surface area contributed by atoms with E-state index in [0.717, 1.165) is 66.6 Å². The maximum atomic E-state index is 14.3. The molecule has 0 fully saturated rings. The molecule has 2 aromatic rings. The van der Waals surface area contributed by atoms with Crippen molar-refractivity contribution in [2.24, 2.45) is 0 Å². The standard InChI is InChI=1S/C41H53F3N6O6/c1-5-8-9-10-14-34(51)19-24-48(23-6-2)25-20-35(52)46-21-22-47-36(53)28-49-38(31-17-15-30(27-45)16-18-31)37(39(54)56-7-3)29(4)50(40(49)55)33-13-11-12-32(26-33)41(42,43)44/h11-13,15-18,26,38H,5-10,14,19-25,28H2,1-4H3,(H,46,52)(H,47,53). The summed E-state index contributed by atoms with van der Waals surface area (Å²) in [5.41, 5.74) is -0.614. The molecule has 1 aliphatic rings. The lowest BCUT2D eigenvalue weighted by atomic mass is 9.92. The zero-order valence-electron chi connectivity index (χ0n) is 32.7. The molecule has 2 N–H and O–H groups in total. The maximum Gasteiger partial charge on any atom is 0.416 e. The molecular formula is C41H53F3N6O6. The molecule has 0 saturated carbocycles. The van der Waals surface area contributed by atoms with E-state index in [0.29, 0.717) is 37.1 Å². The van der Waals surface area contributed by atoms with Gasteiger partial charge in [0.15, 0.2) is 0 Å². The molecule has 0 aromatic heterocycles. The number of hydrogen-bond acceptors (Lipinski definition) is 8. The van der Waals surface area contributed by atoms with Crippen molar-refractivity contribution in [2.45, 2.75) is 91.3 Å². The van der Waals surface area contributed by atoms with Crippen molar-refractivity contribution in [3.8, 4) is 6.07 Å². The van der Waals surface area contributed by atoms with Gasteiger partial charge in [0.1, 0.15) is 12.3 Å². The van der Waals surface area contributed by atoms with Crippen molar-refractivity contribution in [2.75, 3.05) is 50.8 Å². The Balaban J connectivity index is 1.74. The number of nitrogens with one attached hydrogen (secondary N) is 2. The van der Waals surface area contributed by atoms with Gasteiger partial charge < -0.3 is 25.2 Å². The fourth-order valence-electron chi connectivity index (χ4n) is 6.47. The first-order chi connectivity index (χ1) is 26.7. The summed E-state index contributed by atoms with van der Waals surface area (Å²) in [5.74, 6) is -1.52. The van der Waals surface area contributed by atoms with Crippen LogP contribution in [0.3, 0.4) is 0 Å². The fourth-order valence-corrected chi connectivity index (χ4v) is 6.47. The van der Waals surface area contributed by atoms with Crippen molar-refractivity contribution in [1.82, 2.24) is 20.4 Å². The second kappa shape index (κ2) is 22.4. The number of anilines is 1. The lowest BCUT2D eigenvalue weighted by Crippen LogP contribution is -2.54. The number of alkyl halides is 3. The molecule has 304 valence electrons. The van der Waals surface area contributed by atoms with Crippen molar-refractivity contribution in [1.29, 1.82) is 5.26 Å². The molecule has 0 bridgehead atoms. The fraction of sp³-hybridized carbons (Fsp3) is 0.512. The predicted octanol–water partition coefficient (Wildman–Crippen LogP) is 6.66. The number of amides is 4. The van der Waals surface area contributed by atoms with Crippen molar-refractivity contribution in [3.63, 3.8) is 0 Å². The van der Waals surface area contributed by atoms with Gasteiger partial charge >= 0.3 is 18.2 Å². The zero-order chi connectivity index (χ0) is 41.3. The third-order valence-corrected chi connectivity index (χ3v) is 9.32. The van der Waals surface area contributed by atoms with Gasteiger partial charge in [0.05, 0.1) is 41.1 Å². The van der Waals surface area contributed by atoms with E-state index in [1.807, 2.05) is 13.0 Å². The Morgan fingerprint density at radius 1 is 0.875 bits per heavy atom. The molecule has 0 radical (unpaired) electrons. The van der Waals surface area contributed by atoms with Gasteiger partial charge in [0, 0.05) is 51.1 Å². The molecule has 56 heavy (non-hydrogen) atoms. The van der Waals surface area contributed by atoms with Gasteiger partial charge in [-0.1, -0.05) is 51.3 Å². The number of unbranched alkanes of at least 4 members (excludes halogenated alkanes) is 3. The van der Waals surface area contributed by atoms with Gasteiger partial charge in [-0.2, -0.15) is 18.4 Å². The highest BCUT2D eigenvalue weighted by Crippen LogP contribution is 2.41. The highest BCUT2D eigenvalue weighted by atomic mass is 19.4. The predicted molar refractivity (Wildman–Crippen MR) is 205 cm³/mol. The lowest BCUT2D eigenvalue weighted by molar-refractivity contribution is -0.140. The zero-order valence-corrected chi connectivity index (χ0v) is 32.7. The van der Waals surface area contributed by atoms with Gasteiger partial charge in [-0.25, -0.2) is 9.59 Å². The van der Waals surface area contributed by atoms with E-state index in [2.05, 4.69) is 22.5 Å². The van der Waals surface area contributed by atoms with Gasteiger partial charge in [-0.3, -0.25) is 19.3 Å². The van der Waals surface area contributed by atoms with Gasteiger partial charge in [0.25, 0.3) is 0 Å². The quantitative estimate of drug-likeness (QED) is 0.0994. The highest BCUT2D eigenvalue weighted by Gasteiger charge is 2.44. The number of ether oxygens (including phenoxy) is 1. The minimum atomic E-state index is -4.72. The summed E-state index contributed by atoms with van der Waals surface area (Å²) in [5, 5.41) is 14.8. The molecule has 0 saturated heterocycles. The second-order valence-corrected chi connectivity index (χ2v) is 13.5. The summed E-state index contributed by atoms with van der Waals surface area (Å²) in [4.78, 5) is 70.3. The van der Waals surface area contributed by atoms with Gasteiger partial charge in [0.2, 0.25) is 11.8 Å². The van der Waals surface area contributed by atoms with E-state index >= 15 is 0 Å². The number of carbonyl (C=O) groups excluding carboxylic acids is 5. The van der Waals surface area contributed by atoms with E-state index in [-0.39, 0.29) is 54.8 Å². The van der Waals surface area contributed by atoms with Crippen LogP contribution in [-0.4, -0.2) is 85.3 Å². The van der Waals surface area contributed by atoms with Crippen LogP contribution in [0.15, 0.2) is 59.8 Å². The molecule has 3 rings (SSSR count). The van der Waals surface area contributed by atoms with Crippen LogP contribution in [0.5, 0.6) is 0 Å². The Hall–Kier alpha value is -5.23. The van der Waals surface area contributed by atoms with E-state index in [9.17, 15) is 42.4 Å². The first-order valence-electron chi connectivity index (χ1n) is 19.2. The molecule has 0 spiro atoms. The Morgan fingerprint density at radius 3 is 2.18 bits per heavy atom. The second-order valence-electron chi connectivity index (χ2n) is 13.5. The molecule has 12 nitrogen and oxygen atoms in total. The topological polar surface area (TPSA) is 152 Å². The maximum absolute atomic E-state index is 14.3. The minimum absolute atomic E-state index is 0.00368. The monoisotopic (exact) mass is 782 g/mol. The molecule has 0 aliphatic carbocycles. The number of nitrogens with zero attached hydrogens (tertiary/aromatic N) is 4. The van der Waals surface area contributed by atoms with E-state index < -0.39 is 42.2 Å². The van der Waals surface area contributed by atoms with Crippen molar-refractivity contribution >= 4 is 35.3 Å². The third-order valence-electron chi connectivity index (χ3n) is 9.32. The highest BCUT2D eigenvalue weighted by molar-refractivity contribution is 6.04. The normalized spacial score (nSPS) is 14.5. The smallest absolute Gasteiger partial charge is 0.416 e. The van der Waals surface area contributed by atoms with Crippen LogP contribution in [0.1, 0.15) is 102 Å². The summed E-state index contributed by atoms with van der Waals surface area (Å²) in [6.07, 6.45) is 1.54. The largest absolute Gasteiger partial charge is 0.463 e. The number of Topliss-reactive ketones (excluding diaryl/α,β-unsaturated/α-hetero) is 1. The summed E-state index contributed by atoms with van der Waals surface area (Å²) in [6.45, 7) is 8.36. The minimum Gasteiger partial charge on any atom is -0.463 e. The molecule has 1 unspecified atom stereocenters. The third kappa shape index (κ3) is 13.2. The van der Waals surface area contributed by atoms with Crippen LogP contribution in [0.4, 0.5) is 23.7 Å². The number of carbonyl (C=O) groups is 5. The van der Waals surface area contributed by atoms with Gasteiger partial charge in [-0.05, 0) is 69.1 Å². The van der Waals surface area contributed by atoms with E-state index in [4.69, 9.17) is 4.74 Å². The molecule has 2 aromatic carbocycles. The number of ketones is 1. The number of benzene rings is 2. The van der Waals surface area contributed by atoms with Crippen molar-refractivity contribution < 1.29 is 41.9 Å². The molecule has 1 atom stereocenters. The molecule has 15 heteroatoms. The molecule has 1 heterocycles. The van der Waals surface area contributed by atoms with Crippen LogP contribution < -0.4 is 15.5 Å². The van der Waals surface area contributed by atoms with Gasteiger partial charge in [-0.15, -0.1) is 0 Å². The SMILES string of the molecule is CCCCCCC(=O)CCN(CCC)CCC(=O)NCCNC(=O)CN1C(=O)N(c2cccc(C(F)(F)F)c2)C(C)=C(C(=O)OCC)C1c1ccc(C#N)cc1. The van der Waals surface area contributed by atoms with Crippen LogP contribution in [0.2, 0.25) is 0 Å². The van der Waals surface area contributed by atoms with Crippen LogP contribution in [-0.2, 0) is 30.1 Å². The first-order valence-corrected chi connectivity index (χ1v) is 19.2. The number of hydrogen-bond donors (Lipinski definition) is 2. The Kier molecular flexibility index (Phi) is 18.0. The van der Waals surface area contributed by atoms with E-state index in [1.54, 1.807) is 6.92 Å². The first kappa shape index (κ1) is 45.2. The number of urea groups is 1. The molecule has 4 amide bonds. The summed E-state index contributed by atoms with van der Waals surface area (Å²) < 4.78 is 46.5. The summed E-state index contributed by atoms with van der Waals surface area (Å²) >= 11 is 0. The average molecular weight is 783 g/mol. The lowest BCUT2D eigenvalue weighted by Gasteiger charge is -2.42. The van der Waals surface area contributed by atoms with Crippen LogP contribution >= 0.6 is 0 Å². The number of rotatable bonds is 22. The Labute approximate surface area is 327 Å². The van der Waals surface area contributed by atoms with Crippen LogP contribution in [0.25, 0.3) is 0 Å². The average Bonchev–Trinajstić information content (AvgIpc) is 3.17. The van der Waals surface area contributed by atoms with Crippen LogP contribution in [0, 0.1) is 11.3 Å². The number of nitriles is 1. The summed E-state index contributed by atoms with van der Waals surface area (Å²) in [7, 11) is 0. The number of esters is 1. The van der Waals surface area contributed by atoms with E-state index in [1.165, 1.54) is 37.3 Å². The number of allylic oxidation sites excluding steroid dienone is 1. The molecular weight excluding hydrogens is 729 g/mol. The Morgan fingerprint density at radius 2 is 1.55 bits per heavy atom. The molecule has 1 aliphatic heterocycles.